The SMILES string of the molecule is CCNC(=NCC(=O)N1CCc2ccccc2C1)N1CC(C)C(C(=O)OC)C1. The van der Waals surface area contributed by atoms with E-state index in [-0.39, 0.29) is 30.3 Å². The van der Waals surface area contributed by atoms with E-state index in [4.69, 9.17) is 4.74 Å². The van der Waals surface area contributed by atoms with Crippen LogP contribution in [0.3, 0.4) is 0 Å². The Hall–Kier alpha value is -2.57. The molecule has 2 atom stereocenters. The van der Waals surface area contributed by atoms with Crippen LogP contribution in [-0.2, 0) is 27.3 Å². The molecule has 1 saturated heterocycles. The Kier molecular flexibility index (Phi) is 6.54. The minimum atomic E-state index is -0.186. The van der Waals surface area contributed by atoms with Crippen LogP contribution in [0.25, 0.3) is 0 Å². The van der Waals surface area contributed by atoms with Crippen LogP contribution < -0.4 is 5.32 Å². The van der Waals surface area contributed by atoms with Crippen LogP contribution >= 0.6 is 0 Å². The van der Waals surface area contributed by atoms with Gasteiger partial charge < -0.3 is 19.9 Å². The second-order valence-corrected chi connectivity index (χ2v) is 7.52. The Morgan fingerprint density at radius 3 is 2.68 bits per heavy atom. The van der Waals surface area contributed by atoms with Crippen molar-refractivity contribution >= 4 is 17.8 Å². The third-order valence-electron chi connectivity index (χ3n) is 5.60. The van der Waals surface area contributed by atoms with Gasteiger partial charge in [-0.05, 0) is 30.4 Å². The largest absolute Gasteiger partial charge is 0.469 e. The first-order valence-corrected chi connectivity index (χ1v) is 9.99. The van der Waals surface area contributed by atoms with Gasteiger partial charge in [0.1, 0.15) is 6.54 Å². The second-order valence-electron chi connectivity index (χ2n) is 7.52. The van der Waals surface area contributed by atoms with Crippen molar-refractivity contribution in [1.82, 2.24) is 15.1 Å². The first-order valence-electron chi connectivity index (χ1n) is 9.99. The Bertz CT molecular complexity index is 749. The molecule has 2 aliphatic heterocycles. The molecular formula is C21H30N4O3. The van der Waals surface area contributed by atoms with Crippen LogP contribution in [0.1, 0.15) is 25.0 Å². The molecule has 0 radical (unpaired) electrons. The molecule has 152 valence electrons. The summed E-state index contributed by atoms with van der Waals surface area (Å²) in [5.74, 6) is 0.552. The minimum Gasteiger partial charge on any atom is -0.469 e. The Morgan fingerprint density at radius 1 is 1.21 bits per heavy atom. The lowest BCUT2D eigenvalue weighted by Gasteiger charge is -2.28. The van der Waals surface area contributed by atoms with E-state index in [1.54, 1.807) is 0 Å². The number of guanidine groups is 1. The number of carbonyl (C=O) groups excluding carboxylic acids is 2. The highest BCUT2D eigenvalue weighted by molar-refractivity contribution is 5.86. The standard InChI is InChI=1S/C21H30N4O3/c1-4-22-21(25-12-15(2)18(14-25)20(27)28-3)23-11-19(26)24-10-9-16-7-5-6-8-17(16)13-24/h5-8,15,18H,4,9-14H2,1-3H3,(H,22,23). The maximum atomic E-state index is 12.7. The lowest BCUT2D eigenvalue weighted by Crippen LogP contribution is -2.42. The Morgan fingerprint density at radius 2 is 1.96 bits per heavy atom. The Labute approximate surface area is 166 Å². The fourth-order valence-corrected chi connectivity index (χ4v) is 3.97. The quantitative estimate of drug-likeness (QED) is 0.479. The molecule has 0 bridgehead atoms. The molecule has 0 aliphatic carbocycles. The van der Waals surface area contributed by atoms with Crippen molar-refractivity contribution in [3.8, 4) is 0 Å². The summed E-state index contributed by atoms with van der Waals surface area (Å²) in [5.41, 5.74) is 2.54. The van der Waals surface area contributed by atoms with Crippen LogP contribution in [0, 0.1) is 11.8 Å². The highest BCUT2D eigenvalue weighted by Gasteiger charge is 2.37. The number of hydrogen-bond acceptors (Lipinski definition) is 4. The molecule has 1 amide bonds. The molecule has 0 saturated carbocycles. The number of nitrogens with one attached hydrogen (secondary N) is 1. The normalized spacial score (nSPS) is 22.0. The average Bonchev–Trinajstić information content (AvgIpc) is 3.11. The molecular weight excluding hydrogens is 356 g/mol. The molecule has 1 aromatic carbocycles. The number of fused-ring (bicyclic) bond motifs is 1. The topological polar surface area (TPSA) is 74.2 Å². The number of amides is 1. The number of hydrogen-bond donors (Lipinski definition) is 1. The van der Waals surface area contributed by atoms with Crippen molar-refractivity contribution in [2.75, 3.05) is 39.8 Å². The molecule has 0 aromatic heterocycles. The van der Waals surface area contributed by atoms with E-state index >= 15 is 0 Å². The third-order valence-corrected chi connectivity index (χ3v) is 5.60. The molecule has 1 fully saturated rings. The van der Waals surface area contributed by atoms with E-state index in [1.165, 1.54) is 18.2 Å². The molecule has 2 heterocycles. The van der Waals surface area contributed by atoms with Gasteiger partial charge in [0.05, 0.1) is 13.0 Å². The number of esters is 1. The average molecular weight is 386 g/mol. The number of rotatable bonds is 4. The van der Waals surface area contributed by atoms with Crippen molar-refractivity contribution in [2.45, 2.75) is 26.8 Å². The molecule has 28 heavy (non-hydrogen) atoms. The summed E-state index contributed by atoms with van der Waals surface area (Å²) < 4.78 is 4.91. The summed E-state index contributed by atoms with van der Waals surface area (Å²) >= 11 is 0. The molecule has 2 unspecified atom stereocenters. The lowest BCUT2D eigenvalue weighted by atomic mass is 9.99. The summed E-state index contributed by atoms with van der Waals surface area (Å²) in [6, 6.07) is 8.27. The van der Waals surface area contributed by atoms with Crippen LogP contribution in [0.5, 0.6) is 0 Å². The summed E-state index contributed by atoms with van der Waals surface area (Å²) in [4.78, 5) is 33.2. The van der Waals surface area contributed by atoms with E-state index < -0.39 is 0 Å². The van der Waals surface area contributed by atoms with Crippen LogP contribution in [-0.4, -0.2) is 67.5 Å². The molecule has 3 rings (SSSR count). The van der Waals surface area contributed by atoms with Gasteiger partial charge >= 0.3 is 5.97 Å². The van der Waals surface area contributed by atoms with Crippen LogP contribution in [0.15, 0.2) is 29.3 Å². The smallest absolute Gasteiger partial charge is 0.310 e. The number of nitrogens with zero attached hydrogens (tertiary/aromatic N) is 3. The molecule has 1 N–H and O–H groups in total. The van der Waals surface area contributed by atoms with E-state index in [1.807, 2.05) is 30.9 Å². The van der Waals surface area contributed by atoms with E-state index in [2.05, 4.69) is 27.3 Å². The minimum absolute atomic E-state index is 0.0293. The van der Waals surface area contributed by atoms with Crippen LogP contribution in [0.4, 0.5) is 0 Å². The zero-order valence-corrected chi connectivity index (χ0v) is 17.0. The Balaban J connectivity index is 1.63. The zero-order chi connectivity index (χ0) is 20.1. The van der Waals surface area contributed by atoms with Gasteiger partial charge in [-0.3, -0.25) is 9.59 Å². The van der Waals surface area contributed by atoms with E-state index in [0.29, 0.717) is 25.6 Å². The van der Waals surface area contributed by atoms with Gasteiger partial charge in [0, 0.05) is 32.7 Å². The first kappa shape index (κ1) is 20.2. The summed E-state index contributed by atoms with van der Waals surface area (Å²) in [6.45, 7) is 7.51. The van der Waals surface area contributed by atoms with Gasteiger partial charge in [-0.2, -0.15) is 0 Å². The van der Waals surface area contributed by atoms with Gasteiger partial charge in [-0.15, -0.1) is 0 Å². The van der Waals surface area contributed by atoms with Crippen molar-refractivity contribution in [1.29, 1.82) is 0 Å². The van der Waals surface area contributed by atoms with Crippen molar-refractivity contribution < 1.29 is 14.3 Å². The lowest BCUT2D eigenvalue weighted by molar-refractivity contribution is -0.146. The van der Waals surface area contributed by atoms with E-state index in [0.717, 1.165) is 19.5 Å². The number of ether oxygens (including phenoxy) is 1. The molecule has 1 aromatic rings. The predicted molar refractivity (Wildman–Crippen MR) is 108 cm³/mol. The van der Waals surface area contributed by atoms with Crippen molar-refractivity contribution in [3.05, 3.63) is 35.4 Å². The molecule has 7 heteroatoms. The fourth-order valence-electron chi connectivity index (χ4n) is 3.97. The maximum absolute atomic E-state index is 12.7. The number of methoxy groups -OCH3 is 1. The zero-order valence-electron chi connectivity index (χ0n) is 17.0. The number of aliphatic imine (C=N–C) groups is 1. The monoisotopic (exact) mass is 386 g/mol. The fraction of sp³-hybridized carbons (Fsp3) is 0.571. The highest BCUT2D eigenvalue weighted by atomic mass is 16.5. The first-order chi connectivity index (χ1) is 13.5. The molecule has 0 spiro atoms. The maximum Gasteiger partial charge on any atom is 0.310 e. The predicted octanol–water partition coefficient (Wildman–Crippen LogP) is 1.28. The van der Waals surface area contributed by atoms with Gasteiger partial charge in [-0.1, -0.05) is 31.2 Å². The van der Waals surface area contributed by atoms with Crippen molar-refractivity contribution in [2.24, 2.45) is 16.8 Å². The summed E-state index contributed by atoms with van der Waals surface area (Å²) in [6.07, 6.45) is 0.885. The number of likely N-dealkylation sites (tertiary alicyclic amines) is 1. The van der Waals surface area contributed by atoms with Gasteiger partial charge in [-0.25, -0.2) is 4.99 Å². The molecule has 7 nitrogen and oxygen atoms in total. The second kappa shape index (κ2) is 9.08. The summed E-state index contributed by atoms with van der Waals surface area (Å²) in [5, 5.41) is 3.25. The summed E-state index contributed by atoms with van der Waals surface area (Å²) in [7, 11) is 1.42. The van der Waals surface area contributed by atoms with Gasteiger partial charge in [0.2, 0.25) is 5.91 Å². The van der Waals surface area contributed by atoms with Crippen LogP contribution in [0.2, 0.25) is 0 Å². The van der Waals surface area contributed by atoms with Crippen molar-refractivity contribution in [3.63, 3.8) is 0 Å². The van der Waals surface area contributed by atoms with Gasteiger partial charge in [0.25, 0.3) is 0 Å². The number of carbonyl (C=O) groups is 2. The molecule has 2 aliphatic rings. The van der Waals surface area contributed by atoms with E-state index in [9.17, 15) is 9.59 Å². The highest BCUT2D eigenvalue weighted by Crippen LogP contribution is 2.24. The number of benzene rings is 1. The third kappa shape index (κ3) is 4.46. The van der Waals surface area contributed by atoms with Gasteiger partial charge in [0.15, 0.2) is 5.96 Å².